The number of morpholine rings is 1. The van der Waals surface area contributed by atoms with E-state index in [1.165, 1.54) is 0 Å². The fourth-order valence-corrected chi connectivity index (χ4v) is 2.43. The minimum Gasteiger partial charge on any atom is -0.490 e. The van der Waals surface area contributed by atoms with Gasteiger partial charge in [0.1, 0.15) is 0 Å². The molecule has 0 aliphatic carbocycles. The van der Waals surface area contributed by atoms with Gasteiger partial charge in [0.25, 0.3) is 0 Å². The van der Waals surface area contributed by atoms with Crippen LogP contribution in [0.2, 0.25) is 0 Å². The van der Waals surface area contributed by atoms with Crippen molar-refractivity contribution >= 4 is 24.0 Å². The van der Waals surface area contributed by atoms with E-state index in [1.807, 2.05) is 18.2 Å². The maximum absolute atomic E-state index is 12.2. The number of anilines is 1. The molecule has 1 fully saturated rings. The van der Waals surface area contributed by atoms with E-state index in [0.29, 0.717) is 50.0 Å². The molecule has 1 unspecified atom stereocenters. The maximum Gasteiger partial charge on any atom is 0.226 e. The van der Waals surface area contributed by atoms with Crippen molar-refractivity contribution in [1.82, 2.24) is 5.32 Å². The molecule has 1 aromatic carbocycles. The Morgan fingerprint density at radius 2 is 1.96 bits per heavy atom. The van der Waals surface area contributed by atoms with E-state index in [0.717, 1.165) is 19.4 Å². The van der Waals surface area contributed by atoms with Gasteiger partial charge in [0, 0.05) is 30.8 Å². The molecule has 0 bridgehead atoms. The van der Waals surface area contributed by atoms with Crippen LogP contribution in [0.25, 0.3) is 0 Å². The van der Waals surface area contributed by atoms with Gasteiger partial charge >= 0.3 is 0 Å². The molecule has 6 nitrogen and oxygen atoms in total. The molecule has 2 N–H and O–H groups in total. The first kappa shape index (κ1) is 21.5. The highest BCUT2D eigenvalue weighted by Crippen LogP contribution is 2.31. The summed E-state index contributed by atoms with van der Waals surface area (Å²) in [5.41, 5.74) is 0.715. The molecule has 1 heterocycles. The topological polar surface area (TPSA) is 68.8 Å². The number of halogens is 1. The van der Waals surface area contributed by atoms with E-state index in [1.54, 1.807) is 0 Å². The van der Waals surface area contributed by atoms with Gasteiger partial charge < -0.3 is 24.8 Å². The number of ether oxygens (including phenoxy) is 3. The predicted molar refractivity (Wildman–Crippen MR) is 101 cm³/mol. The molecule has 0 radical (unpaired) electrons. The zero-order valence-electron chi connectivity index (χ0n) is 15.0. The average Bonchev–Trinajstić information content (AvgIpc) is 2.60. The number of amides is 1. The van der Waals surface area contributed by atoms with Gasteiger partial charge in [-0.25, -0.2) is 0 Å². The van der Waals surface area contributed by atoms with Crippen molar-refractivity contribution in [1.29, 1.82) is 0 Å². The summed E-state index contributed by atoms with van der Waals surface area (Å²) < 4.78 is 16.8. The van der Waals surface area contributed by atoms with Crippen LogP contribution in [0.4, 0.5) is 5.69 Å². The first-order valence-corrected chi connectivity index (χ1v) is 8.73. The first-order valence-electron chi connectivity index (χ1n) is 8.73. The molecule has 142 valence electrons. The Morgan fingerprint density at radius 3 is 2.60 bits per heavy atom. The minimum atomic E-state index is -0.0401. The Hall–Kier alpha value is -1.50. The molecule has 1 aliphatic rings. The summed E-state index contributed by atoms with van der Waals surface area (Å²) in [4.78, 5) is 12.2. The molecular formula is C18H29ClN2O4. The second kappa shape index (κ2) is 12.0. The van der Waals surface area contributed by atoms with Crippen molar-refractivity contribution in [3.05, 3.63) is 18.2 Å². The second-order valence-electron chi connectivity index (χ2n) is 5.84. The van der Waals surface area contributed by atoms with Gasteiger partial charge in [-0.3, -0.25) is 4.79 Å². The van der Waals surface area contributed by atoms with E-state index in [4.69, 9.17) is 14.2 Å². The van der Waals surface area contributed by atoms with Crippen molar-refractivity contribution < 1.29 is 19.0 Å². The summed E-state index contributed by atoms with van der Waals surface area (Å²) in [6, 6.07) is 5.58. The Balaban J connectivity index is 0.00000312. The Morgan fingerprint density at radius 1 is 1.24 bits per heavy atom. The molecule has 2 rings (SSSR count). The van der Waals surface area contributed by atoms with E-state index < -0.39 is 0 Å². The van der Waals surface area contributed by atoms with E-state index >= 15 is 0 Å². The molecule has 1 saturated heterocycles. The Labute approximate surface area is 156 Å². The molecule has 25 heavy (non-hydrogen) atoms. The third-order valence-electron chi connectivity index (χ3n) is 3.58. The van der Waals surface area contributed by atoms with Crippen molar-refractivity contribution in [2.45, 2.75) is 39.2 Å². The monoisotopic (exact) mass is 372 g/mol. The molecule has 7 heteroatoms. The highest BCUT2D eigenvalue weighted by atomic mass is 35.5. The number of hydrogen-bond acceptors (Lipinski definition) is 5. The zero-order chi connectivity index (χ0) is 17.2. The highest BCUT2D eigenvalue weighted by molar-refractivity contribution is 5.91. The van der Waals surface area contributed by atoms with Crippen LogP contribution >= 0.6 is 12.4 Å². The first-order chi connectivity index (χ1) is 11.7. The fourth-order valence-electron chi connectivity index (χ4n) is 2.43. The van der Waals surface area contributed by atoms with Crippen molar-refractivity contribution in [2.24, 2.45) is 0 Å². The lowest BCUT2D eigenvalue weighted by atomic mass is 10.2. The largest absolute Gasteiger partial charge is 0.490 e. The predicted octanol–water partition coefficient (Wildman–Crippen LogP) is 3.00. The molecule has 0 saturated carbocycles. The van der Waals surface area contributed by atoms with Gasteiger partial charge in [-0.05, 0) is 25.0 Å². The third kappa shape index (κ3) is 7.50. The van der Waals surface area contributed by atoms with Gasteiger partial charge in [0.2, 0.25) is 5.91 Å². The van der Waals surface area contributed by atoms with Gasteiger partial charge in [-0.2, -0.15) is 0 Å². The SMILES string of the molecule is CCCOc1ccc(NC(=O)CC2COCCN2)cc1OCCC.Cl. The average molecular weight is 373 g/mol. The van der Waals surface area contributed by atoms with E-state index in [-0.39, 0.29) is 24.4 Å². The third-order valence-corrected chi connectivity index (χ3v) is 3.58. The second-order valence-corrected chi connectivity index (χ2v) is 5.84. The van der Waals surface area contributed by atoms with Crippen molar-refractivity contribution in [2.75, 3.05) is 38.3 Å². The summed E-state index contributed by atoms with van der Waals surface area (Å²) in [6.07, 6.45) is 2.23. The van der Waals surface area contributed by atoms with Crippen molar-refractivity contribution in [3.8, 4) is 11.5 Å². The van der Waals surface area contributed by atoms with Gasteiger partial charge in [-0.15, -0.1) is 12.4 Å². The fraction of sp³-hybridized carbons (Fsp3) is 0.611. The lowest BCUT2D eigenvalue weighted by Crippen LogP contribution is -2.43. The highest BCUT2D eigenvalue weighted by Gasteiger charge is 2.17. The number of rotatable bonds is 9. The van der Waals surface area contributed by atoms with Crippen LogP contribution in [0.15, 0.2) is 18.2 Å². The molecule has 0 aromatic heterocycles. The van der Waals surface area contributed by atoms with Gasteiger partial charge in [0.15, 0.2) is 11.5 Å². The summed E-state index contributed by atoms with van der Waals surface area (Å²) >= 11 is 0. The lowest BCUT2D eigenvalue weighted by Gasteiger charge is -2.23. The molecule has 1 amide bonds. The number of nitrogens with one attached hydrogen (secondary N) is 2. The molecular weight excluding hydrogens is 344 g/mol. The van der Waals surface area contributed by atoms with Gasteiger partial charge in [-0.1, -0.05) is 13.8 Å². The lowest BCUT2D eigenvalue weighted by molar-refractivity contribution is -0.117. The molecule has 1 aromatic rings. The van der Waals surface area contributed by atoms with Crippen LogP contribution < -0.4 is 20.1 Å². The molecule has 0 spiro atoms. The van der Waals surface area contributed by atoms with Crippen LogP contribution in [0.1, 0.15) is 33.1 Å². The zero-order valence-corrected chi connectivity index (χ0v) is 15.8. The Bertz CT molecular complexity index is 522. The summed E-state index contributed by atoms with van der Waals surface area (Å²) in [5, 5.41) is 6.20. The van der Waals surface area contributed by atoms with Crippen LogP contribution in [0.5, 0.6) is 11.5 Å². The smallest absolute Gasteiger partial charge is 0.226 e. The van der Waals surface area contributed by atoms with Crippen LogP contribution in [0, 0.1) is 0 Å². The summed E-state index contributed by atoms with van der Waals surface area (Å²) in [7, 11) is 0. The van der Waals surface area contributed by atoms with E-state index in [2.05, 4.69) is 24.5 Å². The maximum atomic E-state index is 12.2. The van der Waals surface area contributed by atoms with Crippen molar-refractivity contribution in [3.63, 3.8) is 0 Å². The van der Waals surface area contributed by atoms with Gasteiger partial charge in [0.05, 0.1) is 26.4 Å². The van der Waals surface area contributed by atoms with E-state index in [9.17, 15) is 4.79 Å². The van der Waals surface area contributed by atoms with Crippen LogP contribution in [0.3, 0.4) is 0 Å². The number of hydrogen-bond donors (Lipinski definition) is 2. The molecule has 1 aliphatic heterocycles. The quantitative estimate of drug-likeness (QED) is 0.697. The number of carbonyl (C=O) groups excluding carboxylic acids is 1. The Kier molecular flexibility index (Phi) is 10.3. The normalized spacial score (nSPS) is 16.6. The summed E-state index contributed by atoms with van der Waals surface area (Å²) in [5.74, 6) is 1.34. The molecule has 1 atom stereocenters. The van der Waals surface area contributed by atoms with Crippen LogP contribution in [-0.4, -0.2) is 44.9 Å². The standard InChI is InChI=1S/C18H28N2O4.ClH/c1-3-8-23-16-6-5-14(11-17(16)24-9-4-2)20-18(21)12-15-13-22-10-7-19-15;/h5-6,11,15,19H,3-4,7-10,12-13H2,1-2H3,(H,20,21);1H. The number of carbonyl (C=O) groups is 1. The summed E-state index contributed by atoms with van der Waals surface area (Å²) in [6.45, 7) is 7.43. The minimum absolute atomic E-state index is 0. The van der Waals surface area contributed by atoms with Crippen LogP contribution in [-0.2, 0) is 9.53 Å². The number of benzene rings is 1.